The quantitative estimate of drug-likeness (QED) is 0.331. The van der Waals surface area contributed by atoms with Crippen molar-refractivity contribution in [3.05, 3.63) is 82.1 Å². The SMILES string of the molecule is Cc1cc(N2C(=O)C(=O)C(=C(O)c3ccc(Cl)cc3)C2c2ccc(OC(C)C)cc2)no1. The van der Waals surface area contributed by atoms with Crippen LogP contribution in [0.3, 0.4) is 0 Å². The number of nitrogens with zero attached hydrogens (tertiary/aromatic N) is 2. The molecule has 2 aromatic carbocycles. The van der Waals surface area contributed by atoms with E-state index in [1.807, 2.05) is 13.8 Å². The van der Waals surface area contributed by atoms with E-state index in [4.69, 9.17) is 20.9 Å². The van der Waals surface area contributed by atoms with Gasteiger partial charge in [0, 0.05) is 16.7 Å². The molecule has 32 heavy (non-hydrogen) atoms. The van der Waals surface area contributed by atoms with Crippen LogP contribution in [0.2, 0.25) is 5.02 Å². The van der Waals surface area contributed by atoms with Crippen molar-refractivity contribution >= 4 is 34.9 Å². The Kier molecular flexibility index (Phi) is 5.76. The first kappa shape index (κ1) is 21.6. The number of ether oxygens (including phenoxy) is 1. The monoisotopic (exact) mass is 452 g/mol. The summed E-state index contributed by atoms with van der Waals surface area (Å²) in [6.07, 6.45) is -0.00510. The summed E-state index contributed by atoms with van der Waals surface area (Å²) in [4.78, 5) is 27.3. The summed E-state index contributed by atoms with van der Waals surface area (Å²) in [5.74, 6) is -0.593. The van der Waals surface area contributed by atoms with Gasteiger partial charge in [-0.3, -0.25) is 14.5 Å². The lowest BCUT2D eigenvalue weighted by Gasteiger charge is -2.23. The van der Waals surface area contributed by atoms with Crippen LogP contribution >= 0.6 is 11.6 Å². The molecular weight excluding hydrogens is 432 g/mol. The summed E-state index contributed by atoms with van der Waals surface area (Å²) in [7, 11) is 0. The highest BCUT2D eigenvalue weighted by Gasteiger charge is 2.48. The molecule has 7 nitrogen and oxygen atoms in total. The Balaban J connectivity index is 1.87. The maximum Gasteiger partial charge on any atom is 0.301 e. The topological polar surface area (TPSA) is 92.9 Å². The van der Waals surface area contributed by atoms with E-state index in [-0.39, 0.29) is 23.3 Å². The molecule has 1 saturated heterocycles. The lowest BCUT2D eigenvalue weighted by molar-refractivity contribution is -0.132. The number of anilines is 1. The number of amides is 1. The second-order valence-corrected chi connectivity index (χ2v) is 8.14. The Morgan fingerprint density at radius 2 is 1.78 bits per heavy atom. The Bertz CT molecular complexity index is 1200. The van der Waals surface area contributed by atoms with E-state index in [0.717, 1.165) is 0 Å². The summed E-state index contributed by atoms with van der Waals surface area (Å²) in [5, 5.41) is 15.5. The fourth-order valence-corrected chi connectivity index (χ4v) is 3.74. The van der Waals surface area contributed by atoms with Crippen LogP contribution in [-0.2, 0) is 9.59 Å². The molecule has 0 saturated carbocycles. The largest absolute Gasteiger partial charge is 0.507 e. The number of carbonyl (C=O) groups excluding carboxylic acids is 2. The zero-order valence-corrected chi connectivity index (χ0v) is 18.5. The number of aromatic nitrogens is 1. The van der Waals surface area contributed by atoms with Crippen LogP contribution < -0.4 is 9.64 Å². The number of halogens is 1. The smallest absolute Gasteiger partial charge is 0.301 e. The normalized spacial score (nSPS) is 17.9. The van der Waals surface area contributed by atoms with Crippen molar-refractivity contribution in [2.45, 2.75) is 32.9 Å². The standard InChI is InChI=1S/C24H21ClN2O5/c1-13(2)31-18-10-6-15(7-11-18)21-20(22(28)16-4-8-17(25)9-5-16)23(29)24(30)27(21)19-12-14(3)32-26-19/h4-13,21,28H,1-3H3. The van der Waals surface area contributed by atoms with Gasteiger partial charge in [0.05, 0.1) is 17.7 Å². The number of hydrogen-bond acceptors (Lipinski definition) is 6. The minimum absolute atomic E-state index is 0.00510. The van der Waals surface area contributed by atoms with E-state index in [0.29, 0.717) is 27.7 Å². The third-order valence-corrected chi connectivity index (χ3v) is 5.24. The number of hydrogen-bond donors (Lipinski definition) is 1. The first-order chi connectivity index (χ1) is 15.3. The Morgan fingerprint density at radius 1 is 1.12 bits per heavy atom. The highest BCUT2D eigenvalue weighted by atomic mass is 35.5. The highest BCUT2D eigenvalue weighted by Crippen LogP contribution is 2.42. The maximum atomic E-state index is 13.1. The molecule has 0 radical (unpaired) electrons. The lowest BCUT2D eigenvalue weighted by Crippen LogP contribution is -2.29. The zero-order valence-electron chi connectivity index (χ0n) is 17.7. The Hall–Kier alpha value is -3.58. The molecule has 164 valence electrons. The van der Waals surface area contributed by atoms with E-state index in [1.165, 1.54) is 4.90 Å². The molecule has 1 atom stereocenters. The van der Waals surface area contributed by atoms with E-state index >= 15 is 0 Å². The highest BCUT2D eigenvalue weighted by molar-refractivity contribution is 6.51. The van der Waals surface area contributed by atoms with Gasteiger partial charge in [-0.15, -0.1) is 0 Å². The third-order valence-electron chi connectivity index (χ3n) is 4.99. The minimum Gasteiger partial charge on any atom is -0.507 e. The molecule has 2 heterocycles. The number of aliphatic hydroxyl groups is 1. The van der Waals surface area contributed by atoms with Gasteiger partial charge in [0.2, 0.25) is 0 Å². The number of carbonyl (C=O) groups is 2. The van der Waals surface area contributed by atoms with Gasteiger partial charge in [-0.2, -0.15) is 0 Å². The second kappa shape index (κ2) is 8.51. The van der Waals surface area contributed by atoms with Gasteiger partial charge >= 0.3 is 5.91 Å². The van der Waals surface area contributed by atoms with Crippen molar-refractivity contribution in [2.75, 3.05) is 4.90 Å². The summed E-state index contributed by atoms with van der Waals surface area (Å²) in [6, 6.07) is 14.1. The fraction of sp³-hybridized carbons (Fsp3) is 0.208. The van der Waals surface area contributed by atoms with Crippen molar-refractivity contribution in [3.63, 3.8) is 0 Å². The number of aliphatic hydroxyl groups excluding tert-OH is 1. The lowest BCUT2D eigenvalue weighted by atomic mass is 9.95. The summed E-state index contributed by atoms with van der Waals surface area (Å²) in [5.41, 5.74) is 0.931. The van der Waals surface area contributed by atoms with E-state index in [9.17, 15) is 14.7 Å². The van der Waals surface area contributed by atoms with Gasteiger partial charge in [-0.1, -0.05) is 28.9 Å². The molecule has 0 spiro atoms. The molecule has 1 amide bonds. The van der Waals surface area contributed by atoms with Crippen LogP contribution in [0.5, 0.6) is 5.75 Å². The molecule has 1 N–H and O–H groups in total. The van der Waals surface area contributed by atoms with Crippen LogP contribution in [0.15, 0.2) is 64.7 Å². The van der Waals surface area contributed by atoms with Gasteiger partial charge in [0.25, 0.3) is 5.78 Å². The molecule has 3 aromatic rings. The van der Waals surface area contributed by atoms with E-state index < -0.39 is 17.7 Å². The van der Waals surface area contributed by atoms with Crippen molar-refractivity contribution < 1.29 is 24.0 Å². The molecule has 1 aliphatic rings. The Morgan fingerprint density at radius 3 is 2.34 bits per heavy atom. The number of benzene rings is 2. The van der Waals surface area contributed by atoms with Crippen LogP contribution in [0.4, 0.5) is 5.82 Å². The van der Waals surface area contributed by atoms with Gasteiger partial charge in [0.15, 0.2) is 5.82 Å². The van der Waals surface area contributed by atoms with Crippen molar-refractivity contribution in [3.8, 4) is 5.75 Å². The van der Waals surface area contributed by atoms with Crippen molar-refractivity contribution in [1.29, 1.82) is 0 Å². The van der Waals surface area contributed by atoms with Gasteiger partial charge in [-0.25, -0.2) is 0 Å². The van der Waals surface area contributed by atoms with Crippen LogP contribution in [0.1, 0.15) is 36.8 Å². The number of ketones is 1. The average Bonchev–Trinajstić information content (AvgIpc) is 3.29. The number of aryl methyl sites for hydroxylation is 1. The van der Waals surface area contributed by atoms with E-state index in [2.05, 4.69) is 5.16 Å². The zero-order chi connectivity index (χ0) is 23.0. The molecule has 1 aliphatic heterocycles. The van der Waals surface area contributed by atoms with Gasteiger partial charge in [0.1, 0.15) is 17.3 Å². The molecule has 0 aliphatic carbocycles. The first-order valence-electron chi connectivity index (χ1n) is 10.0. The summed E-state index contributed by atoms with van der Waals surface area (Å²) < 4.78 is 10.8. The molecular formula is C24H21ClN2O5. The van der Waals surface area contributed by atoms with Crippen LogP contribution in [0.25, 0.3) is 5.76 Å². The number of rotatable bonds is 5. The minimum atomic E-state index is -0.900. The summed E-state index contributed by atoms with van der Waals surface area (Å²) in [6.45, 7) is 5.53. The molecule has 8 heteroatoms. The van der Waals surface area contributed by atoms with Crippen molar-refractivity contribution in [1.82, 2.24) is 5.16 Å². The molecule has 4 rings (SSSR count). The predicted molar refractivity (Wildman–Crippen MR) is 120 cm³/mol. The third kappa shape index (κ3) is 3.99. The van der Waals surface area contributed by atoms with E-state index in [1.54, 1.807) is 61.5 Å². The van der Waals surface area contributed by atoms with Gasteiger partial charge < -0.3 is 14.4 Å². The van der Waals surface area contributed by atoms with Crippen molar-refractivity contribution in [2.24, 2.45) is 0 Å². The van der Waals surface area contributed by atoms with Crippen LogP contribution in [0, 0.1) is 6.92 Å². The number of Topliss-reactive ketones (excluding diaryl/α,β-unsaturated/α-hetero) is 1. The fourth-order valence-electron chi connectivity index (χ4n) is 3.62. The molecule has 1 fully saturated rings. The predicted octanol–water partition coefficient (Wildman–Crippen LogP) is 5.05. The average molecular weight is 453 g/mol. The molecule has 1 aromatic heterocycles. The first-order valence-corrected chi connectivity index (χ1v) is 10.4. The molecule has 0 bridgehead atoms. The Labute approximate surface area is 189 Å². The summed E-state index contributed by atoms with van der Waals surface area (Å²) >= 11 is 5.95. The van der Waals surface area contributed by atoms with Crippen LogP contribution in [-0.4, -0.2) is 28.1 Å². The van der Waals surface area contributed by atoms with Gasteiger partial charge in [-0.05, 0) is 62.7 Å². The molecule has 1 unspecified atom stereocenters. The second-order valence-electron chi connectivity index (χ2n) is 7.71. The maximum absolute atomic E-state index is 13.1.